The molecule has 0 aliphatic carbocycles. The van der Waals surface area contributed by atoms with Crippen molar-refractivity contribution in [2.75, 3.05) is 13.7 Å². The average Bonchev–Trinajstić information content (AvgIpc) is 2.70. The molecule has 0 aromatic heterocycles. The van der Waals surface area contributed by atoms with Crippen LogP contribution in [-0.4, -0.2) is 34.7 Å². The third-order valence-electron chi connectivity index (χ3n) is 3.00. The summed E-state index contributed by atoms with van der Waals surface area (Å²) in [5.41, 5.74) is 0.808. The van der Waals surface area contributed by atoms with E-state index in [9.17, 15) is 9.90 Å². The van der Waals surface area contributed by atoms with Crippen LogP contribution in [0.3, 0.4) is 0 Å². The van der Waals surface area contributed by atoms with Gasteiger partial charge in [-0.2, -0.15) is 0 Å². The third kappa shape index (κ3) is 3.19. The molecule has 1 amide bonds. The van der Waals surface area contributed by atoms with E-state index in [-0.39, 0.29) is 11.7 Å². The molecule has 112 valence electrons. The zero-order chi connectivity index (χ0) is 15.6. The SMILES string of the molecule is CCCN1C(=O)/C(=C/c2cc(Br)cc(OC)c2O)NC1=S. The van der Waals surface area contributed by atoms with E-state index >= 15 is 0 Å². The smallest absolute Gasteiger partial charge is 0.276 e. The van der Waals surface area contributed by atoms with Gasteiger partial charge in [-0.25, -0.2) is 0 Å². The molecule has 21 heavy (non-hydrogen) atoms. The van der Waals surface area contributed by atoms with E-state index in [1.165, 1.54) is 12.0 Å². The number of benzene rings is 1. The van der Waals surface area contributed by atoms with Gasteiger partial charge in [-0.05, 0) is 36.8 Å². The molecule has 0 saturated carbocycles. The minimum Gasteiger partial charge on any atom is -0.504 e. The summed E-state index contributed by atoms with van der Waals surface area (Å²) in [5.74, 6) is 0.109. The Balaban J connectivity index is 2.39. The van der Waals surface area contributed by atoms with E-state index < -0.39 is 0 Å². The van der Waals surface area contributed by atoms with Crippen molar-refractivity contribution in [3.05, 3.63) is 27.9 Å². The molecule has 0 atom stereocenters. The van der Waals surface area contributed by atoms with Gasteiger partial charge < -0.3 is 15.2 Å². The Bertz CT molecular complexity index is 631. The van der Waals surface area contributed by atoms with Crippen molar-refractivity contribution >= 4 is 45.2 Å². The number of aromatic hydroxyl groups is 1. The molecular weight excluding hydrogens is 356 g/mol. The number of hydrogen-bond donors (Lipinski definition) is 2. The number of rotatable bonds is 4. The Labute approximate surface area is 136 Å². The van der Waals surface area contributed by atoms with Crippen LogP contribution in [-0.2, 0) is 4.79 Å². The van der Waals surface area contributed by atoms with E-state index in [1.807, 2.05) is 6.92 Å². The van der Waals surface area contributed by atoms with E-state index in [0.717, 1.165) is 10.9 Å². The largest absolute Gasteiger partial charge is 0.504 e. The molecule has 0 radical (unpaired) electrons. The highest BCUT2D eigenvalue weighted by Crippen LogP contribution is 2.35. The summed E-state index contributed by atoms with van der Waals surface area (Å²) in [6.07, 6.45) is 2.38. The maximum Gasteiger partial charge on any atom is 0.276 e. The van der Waals surface area contributed by atoms with Gasteiger partial charge in [0.25, 0.3) is 5.91 Å². The number of carbonyl (C=O) groups excluding carboxylic acids is 1. The first-order valence-electron chi connectivity index (χ1n) is 6.39. The molecule has 1 aromatic rings. The van der Waals surface area contributed by atoms with Gasteiger partial charge in [0.2, 0.25) is 0 Å². The molecule has 1 aliphatic heterocycles. The topological polar surface area (TPSA) is 61.8 Å². The van der Waals surface area contributed by atoms with Crippen LogP contribution in [0, 0.1) is 0 Å². The predicted octanol–water partition coefficient (Wildman–Crippen LogP) is 2.63. The van der Waals surface area contributed by atoms with Gasteiger partial charge in [-0.3, -0.25) is 9.69 Å². The normalized spacial score (nSPS) is 16.5. The first-order chi connectivity index (χ1) is 9.97. The van der Waals surface area contributed by atoms with Crippen LogP contribution < -0.4 is 10.1 Å². The standard InChI is InChI=1S/C14H15BrN2O3S/c1-3-4-17-13(19)10(16-14(17)21)6-8-5-9(15)7-11(20-2)12(8)18/h5-7,18H,3-4H2,1-2H3,(H,16,21)/b10-6-. The zero-order valence-electron chi connectivity index (χ0n) is 11.6. The van der Waals surface area contributed by atoms with Gasteiger partial charge in [0, 0.05) is 16.6 Å². The molecule has 1 heterocycles. The number of hydrogen-bond acceptors (Lipinski definition) is 4. The summed E-state index contributed by atoms with van der Waals surface area (Å²) < 4.78 is 5.83. The van der Waals surface area contributed by atoms with E-state index in [2.05, 4.69) is 21.2 Å². The second kappa shape index (κ2) is 6.44. The zero-order valence-corrected chi connectivity index (χ0v) is 14.0. The molecule has 1 saturated heterocycles. The van der Waals surface area contributed by atoms with Crippen LogP contribution in [0.2, 0.25) is 0 Å². The number of phenols is 1. The van der Waals surface area contributed by atoms with Crippen LogP contribution in [0.4, 0.5) is 0 Å². The van der Waals surface area contributed by atoms with E-state index in [4.69, 9.17) is 17.0 Å². The van der Waals surface area contributed by atoms with E-state index in [1.54, 1.807) is 18.2 Å². The Hall–Kier alpha value is -1.60. The van der Waals surface area contributed by atoms with Crippen molar-refractivity contribution in [2.24, 2.45) is 0 Å². The molecule has 0 bridgehead atoms. The number of nitrogens with zero attached hydrogens (tertiary/aromatic N) is 1. The highest BCUT2D eigenvalue weighted by molar-refractivity contribution is 9.10. The van der Waals surface area contributed by atoms with Gasteiger partial charge >= 0.3 is 0 Å². The lowest BCUT2D eigenvalue weighted by atomic mass is 10.1. The maximum absolute atomic E-state index is 12.2. The molecule has 7 heteroatoms. The third-order valence-corrected chi connectivity index (χ3v) is 3.78. The quantitative estimate of drug-likeness (QED) is 0.630. The Morgan fingerprint density at radius 1 is 1.52 bits per heavy atom. The lowest BCUT2D eigenvalue weighted by Crippen LogP contribution is -2.31. The molecule has 0 spiro atoms. The van der Waals surface area contributed by atoms with Crippen molar-refractivity contribution in [1.82, 2.24) is 10.2 Å². The lowest BCUT2D eigenvalue weighted by molar-refractivity contribution is -0.122. The van der Waals surface area contributed by atoms with Crippen LogP contribution in [0.1, 0.15) is 18.9 Å². The Kier molecular flexibility index (Phi) is 4.84. The van der Waals surface area contributed by atoms with Crippen LogP contribution in [0.25, 0.3) is 6.08 Å². The van der Waals surface area contributed by atoms with Gasteiger partial charge in [0.15, 0.2) is 16.6 Å². The molecule has 0 unspecified atom stereocenters. The fourth-order valence-electron chi connectivity index (χ4n) is 2.01. The van der Waals surface area contributed by atoms with E-state index in [0.29, 0.717) is 28.7 Å². The van der Waals surface area contributed by atoms with Crippen molar-refractivity contribution in [1.29, 1.82) is 0 Å². The number of nitrogens with one attached hydrogen (secondary N) is 1. The van der Waals surface area contributed by atoms with Gasteiger partial charge in [0.1, 0.15) is 5.70 Å². The average molecular weight is 371 g/mol. The number of amides is 1. The van der Waals surface area contributed by atoms with Crippen LogP contribution in [0.15, 0.2) is 22.3 Å². The maximum atomic E-state index is 12.2. The Morgan fingerprint density at radius 2 is 2.24 bits per heavy atom. The number of halogens is 1. The van der Waals surface area contributed by atoms with Crippen LogP contribution in [0.5, 0.6) is 11.5 Å². The number of thiocarbonyl (C=S) groups is 1. The summed E-state index contributed by atoms with van der Waals surface area (Å²) >= 11 is 8.48. The summed E-state index contributed by atoms with van der Waals surface area (Å²) in [7, 11) is 1.47. The van der Waals surface area contributed by atoms with Crippen molar-refractivity contribution in [3.63, 3.8) is 0 Å². The molecule has 2 rings (SSSR count). The fourth-order valence-corrected chi connectivity index (χ4v) is 2.75. The van der Waals surface area contributed by atoms with Crippen molar-refractivity contribution in [3.8, 4) is 11.5 Å². The number of methoxy groups -OCH3 is 1. The summed E-state index contributed by atoms with van der Waals surface area (Å²) in [6, 6.07) is 3.35. The number of carbonyl (C=O) groups is 1. The van der Waals surface area contributed by atoms with Gasteiger partial charge in [-0.1, -0.05) is 22.9 Å². The minimum atomic E-state index is -0.194. The number of phenolic OH excluding ortho intramolecular Hbond substituents is 1. The van der Waals surface area contributed by atoms with Gasteiger partial charge in [0.05, 0.1) is 7.11 Å². The van der Waals surface area contributed by atoms with Crippen molar-refractivity contribution < 1.29 is 14.6 Å². The monoisotopic (exact) mass is 370 g/mol. The molecule has 1 fully saturated rings. The molecule has 2 N–H and O–H groups in total. The van der Waals surface area contributed by atoms with Gasteiger partial charge in [-0.15, -0.1) is 0 Å². The highest BCUT2D eigenvalue weighted by Gasteiger charge is 2.30. The molecule has 1 aromatic carbocycles. The van der Waals surface area contributed by atoms with Crippen LogP contribution >= 0.6 is 28.1 Å². The summed E-state index contributed by atoms with van der Waals surface area (Å²) in [5, 5.41) is 13.4. The predicted molar refractivity (Wildman–Crippen MR) is 88.1 cm³/mol. The molecule has 5 nitrogen and oxygen atoms in total. The second-order valence-electron chi connectivity index (χ2n) is 4.49. The number of ether oxygens (including phenoxy) is 1. The summed E-state index contributed by atoms with van der Waals surface area (Å²) in [4.78, 5) is 13.8. The highest BCUT2D eigenvalue weighted by atomic mass is 79.9. The molecule has 1 aliphatic rings. The lowest BCUT2D eigenvalue weighted by Gasteiger charge is -2.11. The second-order valence-corrected chi connectivity index (χ2v) is 5.79. The Morgan fingerprint density at radius 3 is 2.86 bits per heavy atom. The first kappa shape index (κ1) is 15.8. The summed E-state index contributed by atoms with van der Waals surface area (Å²) in [6.45, 7) is 2.54. The minimum absolute atomic E-state index is 0.0253. The fraction of sp³-hybridized carbons (Fsp3) is 0.286. The molecular formula is C14H15BrN2O3S. The van der Waals surface area contributed by atoms with Crippen molar-refractivity contribution in [2.45, 2.75) is 13.3 Å². The first-order valence-corrected chi connectivity index (χ1v) is 7.59.